The number of aryl methyl sites for hydroxylation is 1. The Hall–Kier alpha value is -3.29. The van der Waals surface area contributed by atoms with Crippen molar-refractivity contribution >= 4 is 11.7 Å². The smallest absolute Gasteiger partial charge is 0.256 e. The number of halogens is 1. The zero-order valence-electron chi connectivity index (χ0n) is 14.9. The Balaban J connectivity index is 1.48. The Morgan fingerprint density at radius 1 is 1.04 bits per heavy atom. The van der Waals surface area contributed by atoms with Crippen molar-refractivity contribution in [2.75, 3.05) is 31.1 Å². The van der Waals surface area contributed by atoms with Crippen LogP contribution >= 0.6 is 0 Å². The highest BCUT2D eigenvalue weighted by Gasteiger charge is 2.25. The zero-order valence-corrected chi connectivity index (χ0v) is 14.9. The minimum absolute atomic E-state index is 0.116. The van der Waals surface area contributed by atoms with Crippen LogP contribution in [0.25, 0.3) is 5.82 Å². The van der Waals surface area contributed by atoms with Crippen LogP contribution in [-0.2, 0) is 0 Å². The quantitative estimate of drug-likeness (QED) is 0.710. The molecule has 27 heavy (non-hydrogen) atoms. The van der Waals surface area contributed by atoms with E-state index in [9.17, 15) is 9.18 Å². The lowest BCUT2D eigenvalue weighted by Gasteiger charge is -2.35. The fraction of sp³-hybridized carbons (Fsp3) is 0.263. The first-order valence-corrected chi connectivity index (χ1v) is 8.76. The predicted molar refractivity (Wildman–Crippen MR) is 98.4 cm³/mol. The minimum Gasteiger partial charge on any atom is -0.353 e. The Morgan fingerprint density at radius 3 is 2.48 bits per heavy atom. The van der Waals surface area contributed by atoms with Gasteiger partial charge in [0.25, 0.3) is 5.91 Å². The first-order chi connectivity index (χ1) is 13.1. The number of anilines is 1. The van der Waals surface area contributed by atoms with Crippen molar-refractivity contribution in [1.82, 2.24) is 24.6 Å². The van der Waals surface area contributed by atoms with Crippen LogP contribution in [-0.4, -0.2) is 56.7 Å². The average Bonchev–Trinajstić information content (AvgIpc) is 3.22. The van der Waals surface area contributed by atoms with E-state index in [-0.39, 0.29) is 11.5 Å². The second kappa shape index (κ2) is 7.14. The molecule has 0 saturated carbocycles. The van der Waals surface area contributed by atoms with Gasteiger partial charge in [-0.3, -0.25) is 4.79 Å². The summed E-state index contributed by atoms with van der Waals surface area (Å²) in [5.74, 6) is 1.39. The van der Waals surface area contributed by atoms with Gasteiger partial charge in [-0.05, 0) is 25.1 Å². The number of benzene rings is 1. The van der Waals surface area contributed by atoms with E-state index in [0.29, 0.717) is 37.8 Å². The molecule has 1 amide bonds. The van der Waals surface area contributed by atoms with Crippen molar-refractivity contribution in [2.45, 2.75) is 6.92 Å². The van der Waals surface area contributed by atoms with Crippen LogP contribution in [0.4, 0.5) is 10.2 Å². The summed E-state index contributed by atoms with van der Waals surface area (Å²) in [7, 11) is 0. The number of hydrogen-bond donors (Lipinski definition) is 0. The number of nitrogens with zero attached hydrogens (tertiary/aromatic N) is 6. The van der Waals surface area contributed by atoms with Gasteiger partial charge in [0.15, 0.2) is 5.82 Å². The summed E-state index contributed by atoms with van der Waals surface area (Å²) in [6.45, 7) is 4.10. The molecule has 0 bridgehead atoms. The molecule has 0 spiro atoms. The topological polar surface area (TPSA) is 67.2 Å². The molecule has 138 valence electrons. The third-order valence-corrected chi connectivity index (χ3v) is 4.55. The molecule has 1 aromatic carbocycles. The first kappa shape index (κ1) is 17.1. The molecule has 7 nitrogen and oxygen atoms in total. The van der Waals surface area contributed by atoms with E-state index < -0.39 is 5.82 Å². The van der Waals surface area contributed by atoms with Gasteiger partial charge in [0, 0.05) is 44.6 Å². The van der Waals surface area contributed by atoms with Crippen molar-refractivity contribution < 1.29 is 9.18 Å². The largest absolute Gasteiger partial charge is 0.353 e. The molecule has 2 aromatic heterocycles. The molecule has 0 unspecified atom stereocenters. The van der Waals surface area contributed by atoms with Gasteiger partial charge in [-0.15, -0.1) is 0 Å². The van der Waals surface area contributed by atoms with Gasteiger partial charge in [0.05, 0.1) is 5.56 Å². The summed E-state index contributed by atoms with van der Waals surface area (Å²) in [6.07, 6.45) is 3.53. The van der Waals surface area contributed by atoms with Crippen molar-refractivity contribution in [3.05, 3.63) is 66.0 Å². The summed E-state index contributed by atoms with van der Waals surface area (Å²) < 4.78 is 15.6. The average molecular weight is 366 g/mol. The summed E-state index contributed by atoms with van der Waals surface area (Å²) in [5, 5.41) is 4.21. The van der Waals surface area contributed by atoms with E-state index in [4.69, 9.17) is 0 Å². The van der Waals surface area contributed by atoms with E-state index in [1.807, 2.05) is 25.3 Å². The molecule has 0 N–H and O–H groups in total. The summed E-state index contributed by atoms with van der Waals surface area (Å²) in [4.78, 5) is 25.3. The summed E-state index contributed by atoms with van der Waals surface area (Å²) >= 11 is 0. The third kappa shape index (κ3) is 3.51. The van der Waals surface area contributed by atoms with E-state index in [1.54, 1.807) is 27.9 Å². The van der Waals surface area contributed by atoms with Crippen LogP contribution in [0.3, 0.4) is 0 Å². The lowest BCUT2D eigenvalue weighted by molar-refractivity contribution is 0.0742. The fourth-order valence-electron chi connectivity index (χ4n) is 3.16. The molecule has 1 saturated heterocycles. The van der Waals surface area contributed by atoms with Crippen LogP contribution in [0.2, 0.25) is 0 Å². The molecule has 0 radical (unpaired) electrons. The molecule has 8 heteroatoms. The summed E-state index contributed by atoms with van der Waals surface area (Å²) in [5.41, 5.74) is 0.116. The van der Waals surface area contributed by atoms with Crippen LogP contribution in [0.1, 0.15) is 16.2 Å². The van der Waals surface area contributed by atoms with Gasteiger partial charge in [0.1, 0.15) is 17.5 Å². The van der Waals surface area contributed by atoms with Crippen LogP contribution < -0.4 is 4.90 Å². The van der Waals surface area contributed by atoms with Gasteiger partial charge in [-0.25, -0.2) is 19.0 Å². The molecule has 4 rings (SSSR count). The Kier molecular flexibility index (Phi) is 4.53. The van der Waals surface area contributed by atoms with E-state index in [2.05, 4.69) is 20.0 Å². The molecular weight excluding hydrogens is 347 g/mol. The molecule has 1 fully saturated rings. The Labute approximate surface area is 156 Å². The molecule has 0 atom stereocenters. The number of piperazine rings is 1. The van der Waals surface area contributed by atoms with Gasteiger partial charge >= 0.3 is 0 Å². The normalized spacial score (nSPS) is 14.4. The SMILES string of the molecule is Cc1nc(N2CCN(C(=O)c3ccccc3F)CC2)cc(-n2cccn2)n1. The number of carbonyl (C=O) groups is 1. The van der Waals surface area contributed by atoms with Gasteiger partial charge in [-0.2, -0.15) is 5.10 Å². The standard InChI is InChI=1S/C19H19FN6O/c1-14-22-17(13-18(23-14)26-8-4-7-21-26)24-9-11-25(12-10-24)19(27)15-5-2-3-6-16(15)20/h2-8,13H,9-12H2,1H3. The Morgan fingerprint density at radius 2 is 1.78 bits per heavy atom. The number of amides is 1. The van der Waals surface area contributed by atoms with E-state index >= 15 is 0 Å². The number of carbonyl (C=O) groups excluding carboxylic acids is 1. The van der Waals surface area contributed by atoms with Crippen LogP contribution in [0.5, 0.6) is 0 Å². The second-order valence-corrected chi connectivity index (χ2v) is 6.34. The monoisotopic (exact) mass is 366 g/mol. The van der Waals surface area contributed by atoms with Crippen molar-refractivity contribution in [1.29, 1.82) is 0 Å². The third-order valence-electron chi connectivity index (χ3n) is 4.55. The molecular formula is C19H19FN6O. The second-order valence-electron chi connectivity index (χ2n) is 6.34. The number of rotatable bonds is 3. The van der Waals surface area contributed by atoms with E-state index in [0.717, 1.165) is 5.82 Å². The molecule has 3 aromatic rings. The van der Waals surface area contributed by atoms with Crippen molar-refractivity contribution in [3.63, 3.8) is 0 Å². The van der Waals surface area contributed by atoms with Crippen molar-refractivity contribution in [2.24, 2.45) is 0 Å². The number of aromatic nitrogens is 4. The molecule has 1 aliphatic heterocycles. The van der Waals surface area contributed by atoms with Gasteiger partial charge in [0.2, 0.25) is 0 Å². The van der Waals surface area contributed by atoms with Crippen LogP contribution in [0, 0.1) is 12.7 Å². The van der Waals surface area contributed by atoms with Crippen molar-refractivity contribution in [3.8, 4) is 5.82 Å². The molecule has 1 aliphatic rings. The molecule has 0 aliphatic carbocycles. The van der Waals surface area contributed by atoms with E-state index in [1.165, 1.54) is 12.1 Å². The maximum atomic E-state index is 13.9. The van der Waals surface area contributed by atoms with Gasteiger partial charge < -0.3 is 9.80 Å². The minimum atomic E-state index is -0.486. The highest BCUT2D eigenvalue weighted by molar-refractivity contribution is 5.94. The maximum absolute atomic E-state index is 13.9. The van der Waals surface area contributed by atoms with Gasteiger partial charge in [-0.1, -0.05) is 12.1 Å². The Bertz CT molecular complexity index is 951. The zero-order chi connectivity index (χ0) is 18.8. The fourth-order valence-corrected chi connectivity index (χ4v) is 3.16. The maximum Gasteiger partial charge on any atom is 0.256 e. The number of hydrogen-bond acceptors (Lipinski definition) is 5. The highest BCUT2D eigenvalue weighted by Crippen LogP contribution is 2.18. The molecule has 3 heterocycles. The summed E-state index contributed by atoms with van der Waals surface area (Å²) in [6, 6.07) is 9.81. The first-order valence-electron chi connectivity index (χ1n) is 8.76. The lowest BCUT2D eigenvalue weighted by Crippen LogP contribution is -2.49. The highest BCUT2D eigenvalue weighted by atomic mass is 19.1. The lowest BCUT2D eigenvalue weighted by atomic mass is 10.1. The van der Waals surface area contributed by atoms with Crippen LogP contribution in [0.15, 0.2) is 48.8 Å². The predicted octanol–water partition coefficient (Wildman–Crippen LogP) is 2.07.